The van der Waals surface area contributed by atoms with Gasteiger partial charge in [0, 0.05) is 33.2 Å². The van der Waals surface area contributed by atoms with Crippen molar-refractivity contribution >= 4 is 17.5 Å². The first-order valence-corrected chi connectivity index (χ1v) is 7.96. The van der Waals surface area contributed by atoms with Gasteiger partial charge in [0.2, 0.25) is 11.8 Å². The van der Waals surface area contributed by atoms with Crippen molar-refractivity contribution < 1.29 is 18.7 Å². The van der Waals surface area contributed by atoms with Gasteiger partial charge in [-0.05, 0) is 25.0 Å². The van der Waals surface area contributed by atoms with Crippen molar-refractivity contribution in [3.8, 4) is 0 Å². The van der Waals surface area contributed by atoms with Crippen molar-refractivity contribution in [1.82, 2.24) is 4.90 Å². The largest absolute Gasteiger partial charge is 0.381 e. The molecule has 1 aromatic carbocycles. The number of piperidine rings is 1. The van der Waals surface area contributed by atoms with E-state index in [4.69, 9.17) is 4.74 Å². The third-order valence-corrected chi connectivity index (χ3v) is 4.70. The molecule has 23 heavy (non-hydrogen) atoms. The van der Waals surface area contributed by atoms with Crippen LogP contribution >= 0.6 is 0 Å². The number of hydrogen-bond donors (Lipinski definition) is 0. The van der Waals surface area contributed by atoms with Gasteiger partial charge < -0.3 is 14.5 Å². The Morgan fingerprint density at radius 3 is 2.61 bits per heavy atom. The Hall–Kier alpha value is -1.95. The first-order valence-electron chi connectivity index (χ1n) is 7.96. The van der Waals surface area contributed by atoms with E-state index >= 15 is 0 Å². The van der Waals surface area contributed by atoms with Gasteiger partial charge in [-0.25, -0.2) is 4.39 Å². The summed E-state index contributed by atoms with van der Waals surface area (Å²) >= 11 is 0. The quantitative estimate of drug-likeness (QED) is 0.853. The average molecular weight is 320 g/mol. The molecule has 0 radical (unpaired) electrons. The number of nitrogens with zero attached hydrogens (tertiary/aromatic N) is 2. The summed E-state index contributed by atoms with van der Waals surface area (Å²) in [6.07, 6.45) is 2.00. The van der Waals surface area contributed by atoms with Crippen molar-refractivity contribution in [3.63, 3.8) is 0 Å². The van der Waals surface area contributed by atoms with Crippen molar-refractivity contribution in [3.05, 3.63) is 30.1 Å². The number of amides is 2. The maximum absolute atomic E-state index is 13.9. The first kappa shape index (κ1) is 15.9. The Morgan fingerprint density at radius 1 is 1.26 bits per heavy atom. The van der Waals surface area contributed by atoms with Gasteiger partial charge in [-0.1, -0.05) is 12.1 Å². The minimum atomic E-state index is -0.435. The predicted molar refractivity (Wildman–Crippen MR) is 83.5 cm³/mol. The summed E-state index contributed by atoms with van der Waals surface area (Å²) < 4.78 is 19.2. The summed E-state index contributed by atoms with van der Waals surface area (Å²) in [5.41, 5.74) is 0.255. The van der Waals surface area contributed by atoms with E-state index in [0.29, 0.717) is 13.1 Å². The van der Waals surface area contributed by atoms with Gasteiger partial charge in [0.25, 0.3) is 0 Å². The average Bonchev–Trinajstić information content (AvgIpc) is 2.96. The van der Waals surface area contributed by atoms with Crippen LogP contribution in [0.1, 0.15) is 19.3 Å². The molecule has 0 saturated carbocycles. The highest BCUT2D eigenvalue weighted by atomic mass is 19.1. The Morgan fingerprint density at radius 2 is 1.96 bits per heavy atom. The fourth-order valence-corrected chi connectivity index (χ4v) is 3.35. The summed E-state index contributed by atoms with van der Waals surface area (Å²) in [6, 6.07) is 6.18. The number of benzene rings is 1. The number of halogens is 1. The van der Waals surface area contributed by atoms with Gasteiger partial charge in [0.1, 0.15) is 5.82 Å². The molecule has 124 valence electrons. The molecule has 2 aliphatic heterocycles. The number of rotatable bonds is 3. The molecule has 2 saturated heterocycles. The topological polar surface area (TPSA) is 49.9 Å². The highest BCUT2D eigenvalue weighted by molar-refractivity contribution is 6.00. The maximum atomic E-state index is 13.9. The minimum absolute atomic E-state index is 0.00765. The van der Waals surface area contributed by atoms with Gasteiger partial charge in [-0.15, -0.1) is 0 Å². The van der Waals surface area contributed by atoms with Crippen molar-refractivity contribution in [2.75, 3.05) is 31.6 Å². The molecule has 3 rings (SSSR count). The molecule has 0 aromatic heterocycles. The van der Waals surface area contributed by atoms with E-state index < -0.39 is 5.82 Å². The zero-order chi connectivity index (χ0) is 16.4. The normalized spacial score (nSPS) is 22.7. The molecule has 0 N–H and O–H groups in total. The van der Waals surface area contributed by atoms with E-state index in [1.807, 2.05) is 0 Å². The number of anilines is 1. The van der Waals surface area contributed by atoms with Crippen LogP contribution in [0.2, 0.25) is 0 Å². The van der Waals surface area contributed by atoms with E-state index in [9.17, 15) is 14.0 Å². The lowest BCUT2D eigenvalue weighted by Crippen LogP contribution is -2.44. The molecule has 1 unspecified atom stereocenters. The number of hydrogen-bond acceptors (Lipinski definition) is 3. The molecule has 2 fully saturated rings. The van der Waals surface area contributed by atoms with Crippen LogP contribution in [0.5, 0.6) is 0 Å². The fourth-order valence-electron chi connectivity index (χ4n) is 3.35. The lowest BCUT2D eigenvalue weighted by atomic mass is 10.0. The van der Waals surface area contributed by atoms with Crippen LogP contribution in [0.15, 0.2) is 24.3 Å². The van der Waals surface area contributed by atoms with Crippen LogP contribution in [0.4, 0.5) is 10.1 Å². The summed E-state index contributed by atoms with van der Waals surface area (Å²) in [5.74, 6) is -1.02. The Labute approximate surface area is 135 Å². The molecule has 2 heterocycles. The number of ether oxygens (including phenoxy) is 1. The van der Waals surface area contributed by atoms with Crippen LogP contribution in [-0.4, -0.2) is 49.6 Å². The van der Waals surface area contributed by atoms with E-state index in [0.717, 1.165) is 12.8 Å². The Kier molecular flexibility index (Phi) is 4.61. The molecule has 1 aromatic rings. The third-order valence-electron chi connectivity index (χ3n) is 4.70. The lowest BCUT2D eigenvalue weighted by molar-refractivity contribution is -0.138. The first-order chi connectivity index (χ1) is 11.1. The fraction of sp³-hybridized carbons (Fsp3) is 0.529. The van der Waals surface area contributed by atoms with Crippen LogP contribution in [0.3, 0.4) is 0 Å². The molecule has 0 bridgehead atoms. The predicted octanol–water partition coefficient (Wildman–Crippen LogP) is 1.82. The Bertz CT molecular complexity index is 599. The highest BCUT2D eigenvalue weighted by Gasteiger charge is 2.38. The van der Waals surface area contributed by atoms with Gasteiger partial charge >= 0.3 is 0 Å². The summed E-state index contributed by atoms with van der Waals surface area (Å²) in [5, 5.41) is 0. The molecule has 2 amide bonds. The van der Waals surface area contributed by atoms with Gasteiger partial charge in [0.05, 0.1) is 17.7 Å². The van der Waals surface area contributed by atoms with E-state index in [1.54, 1.807) is 30.2 Å². The van der Waals surface area contributed by atoms with Crippen LogP contribution in [0.25, 0.3) is 0 Å². The SMILES string of the molecule is COC1CCN(C(=O)C2CC(=O)N(c3ccccc3F)C2)CC1. The zero-order valence-corrected chi connectivity index (χ0v) is 13.2. The van der Waals surface area contributed by atoms with Gasteiger partial charge in [-0.2, -0.15) is 0 Å². The molecule has 0 spiro atoms. The Balaban J connectivity index is 1.66. The highest BCUT2D eigenvalue weighted by Crippen LogP contribution is 2.29. The minimum Gasteiger partial charge on any atom is -0.381 e. The van der Waals surface area contributed by atoms with Crippen molar-refractivity contribution in [2.24, 2.45) is 5.92 Å². The maximum Gasteiger partial charge on any atom is 0.228 e. The summed E-state index contributed by atoms with van der Waals surface area (Å²) in [6.45, 7) is 1.56. The summed E-state index contributed by atoms with van der Waals surface area (Å²) in [4.78, 5) is 28.0. The second-order valence-corrected chi connectivity index (χ2v) is 6.12. The second-order valence-electron chi connectivity index (χ2n) is 6.12. The van der Waals surface area contributed by atoms with Gasteiger partial charge in [-0.3, -0.25) is 9.59 Å². The molecular formula is C17H21FN2O3. The van der Waals surface area contributed by atoms with Crippen LogP contribution < -0.4 is 4.90 Å². The van der Waals surface area contributed by atoms with Crippen molar-refractivity contribution in [2.45, 2.75) is 25.4 Å². The van der Waals surface area contributed by atoms with Crippen molar-refractivity contribution in [1.29, 1.82) is 0 Å². The van der Waals surface area contributed by atoms with Crippen LogP contribution in [-0.2, 0) is 14.3 Å². The smallest absolute Gasteiger partial charge is 0.228 e. The number of carbonyl (C=O) groups is 2. The number of likely N-dealkylation sites (tertiary alicyclic amines) is 1. The summed E-state index contributed by atoms with van der Waals surface area (Å²) in [7, 11) is 1.68. The third kappa shape index (κ3) is 3.22. The molecular weight excluding hydrogens is 299 g/mol. The van der Waals surface area contributed by atoms with E-state index in [2.05, 4.69) is 0 Å². The number of carbonyl (C=O) groups excluding carboxylic acids is 2. The monoisotopic (exact) mass is 320 g/mol. The molecule has 2 aliphatic rings. The van der Waals surface area contributed by atoms with E-state index in [1.165, 1.54) is 11.0 Å². The van der Waals surface area contributed by atoms with E-state index in [-0.39, 0.29) is 42.5 Å². The molecule has 6 heteroatoms. The lowest BCUT2D eigenvalue weighted by Gasteiger charge is -2.32. The molecule has 5 nitrogen and oxygen atoms in total. The molecule has 1 atom stereocenters. The van der Waals surface area contributed by atoms with Gasteiger partial charge in [0.15, 0.2) is 0 Å². The molecule has 0 aliphatic carbocycles. The number of para-hydroxylation sites is 1. The second kappa shape index (κ2) is 6.66. The standard InChI is InChI=1S/C17H21FN2O3/c1-23-13-6-8-19(9-7-13)17(22)12-10-16(21)20(11-12)15-5-3-2-4-14(15)18/h2-5,12-13H,6-11H2,1H3. The van der Waals surface area contributed by atoms with Crippen LogP contribution in [0, 0.1) is 11.7 Å². The number of methoxy groups -OCH3 is 1. The zero-order valence-electron chi connectivity index (χ0n) is 13.2.